The molecule has 0 aromatic rings. The molecule has 0 N–H and O–H groups in total. The predicted octanol–water partition coefficient (Wildman–Crippen LogP) is 5.25. The number of carbonyl (C=O) groups excluding carboxylic acids is 2. The SMILES string of the molecule is CC(=O)SC1CCC2(C)C(CCC3C4CCC(=O)C4(C)CCC32)C1. The standard InChI is InChI=1S/C21H32O2S/c1-13(22)24-15-8-10-20(2)14(12-15)4-5-16-17-6-7-19(23)21(17,3)11-9-18(16)20/h14-18H,4-12H2,1-3H3. The lowest BCUT2D eigenvalue weighted by Gasteiger charge is -2.60. The zero-order valence-electron chi connectivity index (χ0n) is 15.5. The van der Waals surface area contributed by atoms with E-state index >= 15 is 0 Å². The minimum absolute atomic E-state index is 0.00600. The lowest BCUT2D eigenvalue weighted by atomic mass is 9.45. The summed E-state index contributed by atoms with van der Waals surface area (Å²) in [6.45, 7) is 6.55. The van der Waals surface area contributed by atoms with E-state index in [9.17, 15) is 9.59 Å². The number of carbonyl (C=O) groups is 2. The Labute approximate surface area is 150 Å². The van der Waals surface area contributed by atoms with E-state index in [1.54, 1.807) is 18.7 Å². The molecule has 4 aliphatic carbocycles. The van der Waals surface area contributed by atoms with Crippen LogP contribution in [0.1, 0.15) is 78.6 Å². The minimum Gasteiger partial charge on any atom is -0.299 e. The van der Waals surface area contributed by atoms with Crippen molar-refractivity contribution in [3.63, 3.8) is 0 Å². The molecule has 4 rings (SSSR count). The normalized spacial score (nSPS) is 50.8. The lowest BCUT2D eigenvalue weighted by molar-refractivity contribution is -0.138. The Balaban J connectivity index is 1.54. The van der Waals surface area contributed by atoms with Crippen molar-refractivity contribution in [2.24, 2.45) is 34.5 Å². The summed E-state index contributed by atoms with van der Waals surface area (Å²) in [6.07, 6.45) is 10.8. The van der Waals surface area contributed by atoms with Gasteiger partial charge in [-0.05, 0) is 80.5 Å². The van der Waals surface area contributed by atoms with Gasteiger partial charge in [-0.2, -0.15) is 0 Å². The summed E-state index contributed by atoms with van der Waals surface area (Å²) in [5, 5.41) is 0.842. The van der Waals surface area contributed by atoms with Crippen LogP contribution in [0.5, 0.6) is 0 Å². The first-order valence-corrected chi connectivity index (χ1v) is 10.9. The van der Waals surface area contributed by atoms with E-state index in [1.165, 1.54) is 38.5 Å². The highest BCUT2D eigenvalue weighted by Gasteiger charge is 2.60. The van der Waals surface area contributed by atoms with Crippen LogP contribution < -0.4 is 0 Å². The average Bonchev–Trinajstić information content (AvgIpc) is 2.83. The van der Waals surface area contributed by atoms with Gasteiger partial charge >= 0.3 is 0 Å². The lowest BCUT2D eigenvalue weighted by Crippen LogP contribution is -2.53. The van der Waals surface area contributed by atoms with Gasteiger partial charge in [0.15, 0.2) is 5.12 Å². The van der Waals surface area contributed by atoms with Gasteiger partial charge in [-0.3, -0.25) is 9.59 Å². The molecule has 4 aliphatic rings. The van der Waals surface area contributed by atoms with E-state index in [2.05, 4.69) is 13.8 Å². The maximum Gasteiger partial charge on any atom is 0.186 e. The van der Waals surface area contributed by atoms with Gasteiger partial charge in [0, 0.05) is 24.0 Å². The molecule has 3 heteroatoms. The minimum atomic E-state index is 0.00600. The Morgan fingerprint density at radius 1 is 1.04 bits per heavy atom. The second-order valence-corrected chi connectivity index (χ2v) is 11.1. The highest BCUT2D eigenvalue weighted by molar-refractivity contribution is 8.14. The molecule has 7 atom stereocenters. The van der Waals surface area contributed by atoms with E-state index < -0.39 is 0 Å². The molecule has 24 heavy (non-hydrogen) atoms. The Morgan fingerprint density at radius 2 is 1.83 bits per heavy atom. The number of Topliss-reactive ketones (excluding diaryl/α,β-unsaturated/α-hetero) is 1. The summed E-state index contributed by atoms with van der Waals surface area (Å²) in [4.78, 5) is 24.0. The smallest absolute Gasteiger partial charge is 0.186 e. The van der Waals surface area contributed by atoms with Crippen LogP contribution in [-0.4, -0.2) is 16.1 Å². The zero-order chi connectivity index (χ0) is 17.1. The van der Waals surface area contributed by atoms with Crippen LogP contribution in [0.3, 0.4) is 0 Å². The number of fused-ring (bicyclic) bond motifs is 5. The quantitative estimate of drug-likeness (QED) is 0.649. The first-order valence-electron chi connectivity index (χ1n) is 10.0. The van der Waals surface area contributed by atoms with Gasteiger partial charge in [-0.25, -0.2) is 0 Å². The molecule has 0 aliphatic heterocycles. The van der Waals surface area contributed by atoms with Crippen LogP contribution >= 0.6 is 11.8 Å². The molecule has 0 saturated heterocycles. The third-order valence-corrected chi connectivity index (χ3v) is 9.75. The summed E-state index contributed by atoms with van der Waals surface area (Å²) in [5.74, 6) is 3.62. The zero-order valence-corrected chi connectivity index (χ0v) is 16.3. The van der Waals surface area contributed by atoms with Gasteiger partial charge in [0.2, 0.25) is 0 Å². The summed E-state index contributed by atoms with van der Waals surface area (Å²) >= 11 is 1.59. The number of rotatable bonds is 1. The van der Waals surface area contributed by atoms with Crippen LogP contribution in [0.4, 0.5) is 0 Å². The highest BCUT2D eigenvalue weighted by atomic mass is 32.2. The molecule has 4 saturated carbocycles. The summed E-state index contributed by atoms with van der Waals surface area (Å²) in [6, 6.07) is 0. The maximum atomic E-state index is 12.5. The maximum absolute atomic E-state index is 12.5. The topological polar surface area (TPSA) is 34.1 Å². The van der Waals surface area contributed by atoms with Crippen LogP contribution in [0.2, 0.25) is 0 Å². The van der Waals surface area contributed by atoms with E-state index in [-0.39, 0.29) is 10.5 Å². The Bertz CT molecular complexity index is 558. The molecule has 0 amide bonds. The van der Waals surface area contributed by atoms with E-state index in [1.807, 2.05) is 0 Å². The number of thioether (sulfide) groups is 1. The van der Waals surface area contributed by atoms with Crippen LogP contribution in [-0.2, 0) is 9.59 Å². The van der Waals surface area contributed by atoms with Crippen molar-refractivity contribution in [1.82, 2.24) is 0 Å². The Kier molecular flexibility index (Phi) is 4.18. The largest absolute Gasteiger partial charge is 0.299 e. The molecule has 0 spiro atoms. The number of hydrogen-bond acceptors (Lipinski definition) is 3. The van der Waals surface area contributed by atoms with Crippen LogP contribution in [0.15, 0.2) is 0 Å². The van der Waals surface area contributed by atoms with Crippen molar-refractivity contribution < 1.29 is 9.59 Å². The third-order valence-electron chi connectivity index (χ3n) is 8.66. The van der Waals surface area contributed by atoms with Crippen molar-refractivity contribution in [1.29, 1.82) is 0 Å². The highest BCUT2D eigenvalue weighted by Crippen LogP contribution is 2.65. The molecule has 2 nitrogen and oxygen atoms in total. The van der Waals surface area contributed by atoms with Crippen molar-refractivity contribution >= 4 is 22.7 Å². The first kappa shape index (κ1) is 17.1. The second-order valence-electron chi connectivity index (χ2n) is 9.58. The molecular weight excluding hydrogens is 316 g/mol. The molecule has 4 fully saturated rings. The molecule has 134 valence electrons. The van der Waals surface area contributed by atoms with Gasteiger partial charge in [0.25, 0.3) is 0 Å². The molecule has 0 bridgehead atoms. The second kappa shape index (κ2) is 5.86. The Hall–Kier alpha value is -0.310. The van der Waals surface area contributed by atoms with Crippen LogP contribution in [0, 0.1) is 34.5 Å². The third kappa shape index (κ3) is 2.44. The van der Waals surface area contributed by atoms with E-state index in [0.717, 1.165) is 37.0 Å². The predicted molar refractivity (Wildman–Crippen MR) is 98.8 cm³/mol. The van der Waals surface area contributed by atoms with Gasteiger partial charge in [0.05, 0.1) is 0 Å². The van der Waals surface area contributed by atoms with Gasteiger partial charge in [-0.1, -0.05) is 25.6 Å². The molecule has 7 unspecified atom stereocenters. The fourth-order valence-corrected chi connectivity index (χ4v) is 8.37. The van der Waals surface area contributed by atoms with Gasteiger partial charge in [-0.15, -0.1) is 0 Å². The molecule has 0 heterocycles. The van der Waals surface area contributed by atoms with Gasteiger partial charge in [0.1, 0.15) is 5.78 Å². The molecule has 0 radical (unpaired) electrons. The van der Waals surface area contributed by atoms with Crippen molar-refractivity contribution in [2.45, 2.75) is 83.8 Å². The summed E-state index contributed by atoms with van der Waals surface area (Å²) < 4.78 is 0. The fourth-order valence-electron chi connectivity index (χ4n) is 7.33. The van der Waals surface area contributed by atoms with Crippen molar-refractivity contribution in [3.8, 4) is 0 Å². The summed E-state index contributed by atoms with van der Waals surface area (Å²) in [7, 11) is 0. The fraction of sp³-hybridized carbons (Fsp3) is 0.905. The summed E-state index contributed by atoms with van der Waals surface area (Å²) in [5.41, 5.74) is 0.468. The number of ketones is 1. The molecule has 0 aromatic heterocycles. The van der Waals surface area contributed by atoms with Crippen LogP contribution in [0.25, 0.3) is 0 Å². The van der Waals surface area contributed by atoms with E-state index in [0.29, 0.717) is 22.4 Å². The van der Waals surface area contributed by atoms with Gasteiger partial charge < -0.3 is 0 Å². The van der Waals surface area contributed by atoms with Crippen molar-refractivity contribution in [2.75, 3.05) is 0 Å². The molecule has 0 aromatic carbocycles. The Morgan fingerprint density at radius 3 is 2.58 bits per heavy atom. The molecular formula is C21H32O2S. The first-order chi connectivity index (χ1) is 11.3. The monoisotopic (exact) mass is 348 g/mol. The average molecular weight is 349 g/mol. The van der Waals surface area contributed by atoms with E-state index in [4.69, 9.17) is 0 Å². The number of hydrogen-bond donors (Lipinski definition) is 0. The van der Waals surface area contributed by atoms with Crippen molar-refractivity contribution in [3.05, 3.63) is 0 Å².